The average Bonchev–Trinajstić information content (AvgIpc) is 2.85. The molecule has 0 saturated heterocycles. The Balaban J connectivity index is 1.69. The van der Waals surface area contributed by atoms with Gasteiger partial charge >= 0.3 is 0 Å². The van der Waals surface area contributed by atoms with Crippen molar-refractivity contribution < 1.29 is 4.79 Å². The van der Waals surface area contributed by atoms with Crippen molar-refractivity contribution in [2.45, 2.75) is 26.2 Å². The number of anilines is 1. The molecule has 0 aromatic carbocycles. The Hall–Kier alpha value is -2.17. The number of amides is 1. The van der Waals surface area contributed by atoms with Crippen molar-refractivity contribution in [1.29, 1.82) is 0 Å². The third kappa shape index (κ3) is 2.50. The molecule has 5 nitrogen and oxygen atoms in total. The van der Waals surface area contributed by atoms with E-state index in [0.717, 1.165) is 36.3 Å². The van der Waals surface area contributed by atoms with Gasteiger partial charge < -0.3 is 10.3 Å². The van der Waals surface area contributed by atoms with Crippen molar-refractivity contribution in [3.63, 3.8) is 0 Å². The largest absolute Gasteiger partial charge is 0.348 e. The van der Waals surface area contributed by atoms with Gasteiger partial charge in [-0.2, -0.15) is 0 Å². The molecule has 2 aromatic rings. The second-order valence-corrected chi connectivity index (χ2v) is 4.92. The Kier molecular flexibility index (Phi) is 3.03. The molecule has 5 heteroatoms. The molecule has 1 aliphatic carbocycles. The van der Waals surface area contributed by atoms with Gasteiger partial charge in [0.05, 0.1) is 12.0 Å². The number of carbonyl (C=O) groups is 1. The van der Waals surface area contributed by atoms with Crippen LogP contribution in [0.4, 0.5) is 5.82 Å². The molecule has 0 aliphatic heterocycles. The minimum absolute atomic E-state index is 0.00439. The minimum Gasteiger partial charge on any atom is -0.348 e. The van der Waals surface area contributed by atoms with Crippen molar-refractivity contribution in [3.05, 3.63) is 41.6 Å². The van der Waals surface area contributed by atoms with Crippen LogP contribution in [0.2, 0.25) is 0 Å². The van der Waals surface area contributed by atoms with E-state index in [1.165, 1.54) is 0 Å². The fourth-order valence-corrected chi connectivity index (χ4v) is 2.47. The van der Waals surface area contributed by atoms with Crippen molar-refractivity contribution >= 4 is 11.7 Å². The van der Waals surface area contributed by atoms with Gasteiger partial charge in [0.15, 0.2) is 0 Å². The maximum atomic E-state index is 12.2. The van der Waals surface area contributed by atoms with Crippen LogP contribution in [0, 0.1) is 12.8 Å². The van der Waals surface area contributed by atoms with E-state index in [2.05, 4.69) is 20.3 Å². The Morgan fingerprint density at radius 3 is 3.21 bits per heavy atom. The molecule has 0 radical (unpaired) electrons. The summed E-state index contributed by atoms with van der Waals surface area (Å²) in [5.41, 5.74) is 3.08. The third-order valence-electron chi connectivity index (χ3n) is 3.50. The molecule has 0 spiro atoms. The van der Waals surface area contributed by atoms with Crippen LogP contribution in [0.5, 0.6) is 0 Å². The summed E-state index contributed by atoms with van der Waals surface area (Å²) < 4.78 is 0. The molecule has 98 valence electrons. The summed E-state index contributed by atoms with van der Waals surface area (Å²) in [6.45, 7) is 1.91. The van der Waals surface area contributed by atoms with Gasteiger partial charge in [-0.25, -0.2) is 9.97 Å². The number of carbonyl (C=O) groups excluding carboxylic acids is 1. The first kappa shape index (κ1) is 11.9. The van der Waals surface area contributed by atoms with Crippen molar-refractivity contribution in [2.24, 2.45) is 5.92 Å². The number of nitrogens with one attached hydrogen (secondary N) is 2. The second kappa shape index (κ2) is 4.84. The number of aryl methyl sites for hydroxylation is 2. The summed E-state index contributed by atoms with van der Waals surface area (Å²) in [5.74, 6) is 0.661. The molecule has 3 rings (SSSR count). The van der Waals surface area contributed by atoms with Crippen molar-refractivity contribution in [2.75, 3.05) is 5.32 Å². The number of H-pyrrole nitrogens is 1. The molecule has 1 atom stereocenters. The molecular formula is C14H16N4O. The van der Waals surface area contributed by atoms with E-state index in [-0.39, 0.29) is 11.8 Å². The molecular weight excluding hydrogens is 240 g/mol. The maximum absolute atomic E-state index is 12.2. The van der Waals surface area contributed by atoms with Gasteiger partial charge in [-0.15, -0.1) is 0 Å². The van der Waals surface area contributed by atoms with E-state index >= 15 is 0 Å². The average molecular weight is 256 g/mol. The number of hydrogen-bond acceptors (Lipinski definition) is 3. The fraction of sp³-hybridized carbons (Fsp3) is 0.357. The predicted octanol–water partition coefficient (Wildman–Crippen LogP) is 1.86. The summed E-state index contributed by atoms with van der Waals surface area (Å²) in [6.07, 6.45) is 4.13. The van der Waals surface area contributed by atoms with Gasteiger partial charge in [-0.3, -0.25) is 4.79 Å². The number of pyridine rings is 1. The number of rotatable bonds is 2. The summed E-state index contributed by atoms with van der Waals surface area (Å²) in [6, 6.07) is 5.62. The zero-order chi connectivity index (χ0) is 13.2. The van der Waals surface area contributed by atoms with Crippen LogP contribution < -0.4 is 5.32 Å². The lowest BCUT2D eigenvalue weighted by Gasteiger charge is -2.20. The summed E-state index contributed by atoms with van der Waals surface area (Å²) in [4.78, 5) is 23.9. The van der Waals surface area contributed by atoms with Crippen molar-refractivity contribution in [1.82, 2.24) is 15.0 Å². The van der Waals surface area contributed by atoms with E-state index in [4.69, 9.17) is 0 Å². The molecule has 0 saturated carbocycles. The molecule has 1 aliphatic rings. The van der Waals surface area contributed by atoms with Gasteiger partial charge in [-0.05, 0) is 31.9 Å². The van der Waals surface area contributed by atoms with Crippen LogP contribution in [-0.4, -0.2) is 20.9 Å². The standard InChI is InChI=1S/C14H16N4O/c1-9-3-2-4-13(17-9)18-14(19)10-5-6-11-12(7-10)16-8-15-11/h2-4,8,10H,5-7H2,1H3,(H,15,16)(H,17,18,19)/t10-/m0/s1. The van der Waals surface area contributed by atoms with Crippen molar-refractivity contribution in [3.8, 4) is 0 Å². The van der Waals surface area contributed by atoms with Gasteiger partial charge in [0.2, 0.25) is 5.91 Å². The molecule has 0 unspecified atom stereocenters. The molecule has 0 fully saturated rings. The number of hydrogen-bond donors (Lipinski definition) is 2. The van der Waals surface area contributed by atoms with Crippen LogP contribution in [0.25, 0.3) is 0 Å². The first-order chi connectivity index (χ1) is 9.22. The van der Waals surface area contributed by atoms with Gasteiger partial charge in [0.25, 0.3) is 0 Å². The van der Waals surface area contributed by atoms with Crippen LogP contribution >= 0.6 is 0 Å². The zero-order valence-corrected chi connectivity index (χ0v) is 10.8. The monoisotopic (exact) mass is 256 g/mol. The Bertz CT molecular complexity index is 605. The number of imidazole rings is 1. The fourth-order valence-electron chi connectivity index (χ4n) is 2.47. The zero-order valence-electron chi connectivity index (χ0n) is 10.8. The highest BCUT2D eigenvalue weighted by molar-refractivity contribution is 5.92. The normalized spacial score (nSPS) is 17.8. The Labute approximate surface area is 111 Å². The minimum atomic E-state index is -0.00439. The van der Waals surface area contributed by atoms with E-state index in [1.807, 2.05) is 25.1 Å². The Morgan fingerprint density at radius 2 is 2.37 bits per heavy atom. The topological polar surface area (TPSA) is 70.7 Å². The quantitative estimate of drug-likeness (QED) is 0.861. The maximum Gasteiger partial charge on any atom is 0.229 e. The molecule has 2 heterocycles. The van der Waals surface area contributed by atoms with Gasteiger partial charge in [-0.1, -0.05) is 6.07 Å². The van der Waals surface area contributed by atoms with Gasteiger partial charge in [0.1, 0.15) is 5.82 Å². The van der Waals surface area contributed by atoms with Gasteiger partial charge in [0, 0.05) is 23.7 Å². The van der Waals surface area contributed by atoms with Crippen LogP contribution in [0.1, 0.15) is 23.5 Å². The van der Waals surface area contributed by atoms with Crippen LogP contribution in [0.15, 0.2) is 24.5 Å². The second-order valence-electron chi connectivity index (χ2n) is 4.92. The predicted molar refractivity (Wildman–Crippen MR) is 71.7 cm³/mol. The highest BCUT2D eigenvalue weighted by Gasteiger charge is 2.26. The molecule has 2 N–H and O–H groups in total. The molecule has 19 heavy (non-hydrogen) atoms. The van der Waals surface area contributed by atoms with E-state index in [0.29, 0.717) is 5.82 Å². The molecule has 2 aromatic heterocycles. The summed E-state index contributed by atoms with van der Waals surface area (Å²) in [7, 11) is 0. The third-order valence-corrected chi connectivity index (χ3v) is 3.50. The lowest BCUT2D eigenvalue weighted by atomic mass is 9.89. The lowest BCUT2D eigenvalue weighted by Crippen LogP contribution is -2.28. The highest BCUT2D eigenvalue weighted by atomic mass is 16.1. The van der Waals surface area contributed by atoms with E-state index in [1.54, 1.807) is 6.33 Å². The van der Waals surface area contributed by atoms with Crippen LogP contribution in [-0.2, 0) is 17.6 Å². The first-order valence-corrected chi connectivity index (χ1v) is 6.48. The molecule has 1 amide bonds. The van der Waals surface area contributed by atoms with Crippen LogP contribution in [0.3, 0.4) is 0 Å². The summed E-state index contributed by atoms with van der Waals surface area (Å²) >= 11 is 0. The lowest BCUT2D eigenvalue weighted by molar-refractivity contribution is -0.120. The number of aromatic amines is 1. The number of nitrogens with zero attached hydrogens (tertiary/aromatic N) is 2. The Morgan fingerprint density at radius 1 is 1.47 bits per heavy atom. The summed E-state index contributed by atoms with van der Waals surface area (Å²) in [5, 5.41) is 2.89. The highest BCUT2D eigenvalue weighted by Crippen LogP contribution is 2.23. The van der Waals surface area contributed by atoms with E-state index in [9.17, 15) is 4.79 Å². The number of fused-ring (bicyclic) bond motifs is 1. The smallest absolute Gasteiger partial charge is 0.229 e. The first-order valence-electron chi connectivity index (χ1n) is 6.48. The van der Waals surface area contributed by atoms with E-state index < -0.39 is 0 Å². The molecule has 0 bridgehead atoms. The SMILES string of the molecule is Cc1cccc(NC(=O)[C@H]2CCc3nc[nH]c3C2)n1. The number of aromatic nitrogens is 3.